The van der Waals surface area contributed by atoms with Crippen LogP contribution in [0.3, 0.4) is 0 Å². The number of ketones is 1. The predicted octanol–water partition coefficient (Wildman–Crippen LogP) is 5.65. The van der Waals surface area contributed by atoms with Gasteiger partial charge in [0.1, 0.15) is 11.6 Å². The number of anilines is 1. The maximum absolute atomic E-state index is 13.1. The fraction of sp³-hybridized carbons (Fsp3) is 0.167. The highest BCUT2D eigenvalue weighted by Gasteiger charge is 2.22. The number of halogens is 2. The molecule has 1 unspecified atom stereocenters. The first-order valence-corrected chi connectivity index (χ1v) is 10.0. The summed E-state index contributed by atoms with van der Waals surface area (Å²) in [6.45, 7) is 1.87. The summed E-state index contributed by atoms with van der Waals surface area (Å²) in [4.78, 5) is 25.3. The van der Waals surface area contributed by atoms with E-state index in [2.05, 4.69) is 5.32 Å². The van der Waals surface area contributed by atoms with Crippen molar-refractivity contribution in [1.29, 1.82) is 0 Å². The molecule has 3 aromatic rings. The van der Waals surface area contributed by atoms with Crippen molar-refractivity contribution >= 4 is 29.0 Å². The Morgan fingerprint density at radius 1 is 1.03 bits per heavy atom. The molecule has 30 heavy (non-hydrogen) atoms. The van der Waals surface area contributed by atoms with E-state index in [0.717, 1.165) is 5.56 Å². The number of benzene rings is 3. The average Bonchev–Trinajstić information content (AvgIpc) is 2.74. The number of alkyl halides is 1. The van der Waals surface area contributed by atoms with E-state index >= 15 is 0 Å². The lowest BCUT2D eigenvalue weighted by molar-refractivity contribution is 0.0787. The molecule has 1 N–H and O–H groups in total. The molecule has 3 aromatic carbocycles. The number of hydrogen-bond donors (Lipinski definition) is 1. The molecule has 0 aliphatic heterocycles. The molecular weight excluding hydrogens is 405 g/mol. The second kappa shape index (κ2) is 10.0. The minimum absolute atomic E-state index is 0.224. The van der Waals surface area contributed by atoms with Crippen LogP contribution in [0.4, 0.5) is 10.1 Å². The zero-order valence-corrected chi connectivity index (χ0v) is 17.2. The van der Waals surface area contributed by atoms with Crippen molar-refractivity contribution in [1.82, 2.24) is 0 Å². The summed E-state index contributed by atoms with van der Waals surface area (Å²) in [5, 5.41) is 2.84. The topological polar surface area (TPSA) is 55.4 Å². The lowest BCUT2D eigenvalue weighted by Gasteiger charge is -2.18. The van der Waals surface area contributed by atoms with Gasteiger partial charge in [-0.05, 0) is 55.0 Å². The van der Waals surface area contributed by atoms with Crippen LogP contribution in [-0.4, -0.2) is 23.7 Å². The number of carbonyl (C=O) groups excluding carboxylic acids is 2. The Hall–Kier alpha value is -3.18. The highest BCUT2D eigenvalue weighted by atomic mass is 35.5. The van der Waals surface area contributed by atoms with Crippen molar-refractivity contribution in [3.05, 3.63) is 95.3 Å². The summed E-state index contributed by atoms with van der Waals surface area (Å²) in [6.07, 6.45) is -0.535. The van der Waals surface area contributed by atoms with E-state index in [4.69, 9.17) is 16.3 Å². The SMILES string of the molecule is Cc1ccccc1C(=O)Nc1cccc(OC(CCCl)C(=O)c2ccc(F)cc2)c1. The molecule has 0 fully saturated rings. The van der Waals surface area contributed by atoms with E-state index in [1.807, 2.05) is 19.1 Å². The van der Waals surface area contributed by atoms with Gasteiger partial charge in [-0.25, -0.2) is 4.39 Å². The van der Waals surface area contributed by atoms with Gasteiger partial charge in [0.25, 0.3) is 5.91 Å². The molecule has 0 aromatic heterocycles. The summed E-state index contributed by atoms with van der Waals surface area (Å²) in [5.74, 6) is -0.294. The van der Waals surface area contributed by atoms with Gasteiger partial charge in [0.05, 0.1) is 0 Å². The van der Waals surface area contributed by atoms with Gasteiger partial charge in [-0.1, -0.05) is 24.3 Å². The molecule has 0 radical (unpaired) electrons. The van der Waals surface area contributed by atoms with Crippen LogP contribution in [0.2, 0.25) is 0 Å². The molecule has 1 atom stereocenters. The molecule has 0 spiro atoms. The van der Waals surface area contributed by atoms with Crippen LogP contribution in [0.25, 0.3) is 0 Å². The van der Waals surface area contributed by atoms with Crippen molar-refractivity contribution in [2.75, 3.05) is 11.2 Å². The summed E-state index contributed by atoms with van der Waals surface area (Å²) in [6, 6.07) is 19.4. The number of amides is 1. The highest BCUT2D eigenvalue weighted by Crippen LogP contribution is 2.22. The molecule has 0 heterocycles. The van der Waals surface area contributed by atoms with E-state index in [-0.39, 0.29) is 24.0 Å². The first-order valence-electron chi connectivity index (χ1n) is 9.47. The average molecular weight is 426 g/mol. The van der Waals surface area contributed by atoms with Crippen LogP contribution in [0.1, 0.15) is 32.7 Å². The quantitative estimate of drug-likeness (QED) is 0.375. The Labute approximate surface area is 179 Å². The third-order valence-corrected chi connectivity index (χ3v) is 4.77. The third kappa shape index (κ3) is 5.45. The standard InChI is InChI=1S/C24H21ClFNO3/c1-16-5-2-3-8-21(16)24(29)27-19-6-4-7-20(15-19)30-22(13-14-25)23(28)17-9-11-18(26)12-10-17/h2-12,15,22H,13-14H2,1H3,(H,27,29). The van der Waals surface area contributed by atoms with Crippen molar-refractivity contribution < 1.29 is 18.7 Å². The van der Waals surface area contributed by atoms with Crippen molar-refractivity contribution in [2.45, 2.75) is 19.4 Å². The lowest BCUT2D eigenvalue weighted by Crippen LogP contribution is -2.28. The van der Waals surface area contributed by atoms with E-state index < -0.39 is 11.9 Å². The van der Waals surface area contributed by atoms with Crippen LogP contribution in [-0.2, 0) is 0 Å². The van der Waals surface area contributed by atoms with Crippen LogP contribution < -0.4 is 10.1 Å². The fourth-order valence-corrected chi connectivity index (χ4v) is 3.18. The van der Waals surface area contributed by atoms with Gasteiger partial charge >= 0.3 is 0 Å². The summed E-state index contributed by atoms with van der Waals surface area (Å²) in [5.41, 5.74) is 2.33. The van der Waals surface area contributed by atoms with Crippen molar-refractivity contribution in [3.63, 3.8) is 0 Å². The van der Waals surface area contributed by atoms with Crippen LogP contribution in [0.5, 0.6) is 5.75 Å². The van der Waals surface area contributed by atoms with Gasteiger partial charge in [-0.15, -0.1) is 11.6 Å². The molecule has 1 amide bonds. The first kappa shape index (κ1) is 21.5. The van der Waals surface area contributed by atoms with Gasteiger partial charge in [0, 0.05) is 35.2 Å². The van der Waals surface area contributed by atoms with E-state index in [0.29, 0.717) is 22.6 Å². The number of carbonyl (C=O) groups is 2. The molecular formula is C24H21ClFNO3. The van der Waals surface area contributed by atoms with Gasteiger partial charge in [0.15, 0.2) is 6.10 Å². The number of Topliss-reactive ketones (excluding diaryl/α,β-unsaturated/α-hetero) is 1. The normalized spacial score (nSPS) is 11.6. The maximum Gasteiger partial charge on any atom is 0.255 e. The number of aryl methyl sites for hydroxylation is 1. The third-order valence-electron chi connectivity index (χ3n) is 4.55. The minimum atomic E-state index is -0.824. The van der Waals surface area contributed by atoms with Crippen molar-refractivity contribution in [3.8, 4) is 5.75 Å². The Morgan fingerprint density at radius 2 is 1.77 bits per heavy atom. The molecule has 6 heteroatoms. The van der Waals surface area contributed by atoms with Crippen molar-refractivity contribution in [2.24, 2.45) is 0 Å². The van der Waals surface area contributed by atoms with Gasteiger partial charge in [-0.3, -0.25) is 9.59 Å². The zero-order valence-electron chi connectivity index (χ0n) is 16.4. The van der Waals surface area contributed by atoms with Crippen LogP contribution >= 0.6 is 11.6 Å². The Balaban J connectivity index is 1.75. The summed E-state index contributed by atoms with van der Waals surface area (Å²) < 4.78 is 19.0. The molecule has 0 aliphatic carbocycles. The van der Waals surface area contributed by atoms with Crippen LogP contribution in [0, 0.1) is 12.7 Å². The zero-order chi connectivity index (χ0) is 21.5. The molecule has 0 aliphatic rings. The highest BCUT2D eigenvalue weighted by molar-refractivity contribution is 6.18. The Morgan fingerprint density at radius 3 is 2.47 bits per heavy atom. The molecule has 0 saturated heterocycles. The molecule has 4 nitrogen and oxygen atoms in total. The number of hydrogen-bond acceptors (Lipinski definition) is 3. The van der Waals surface area contributed by atoms with Gasteiger partial charge in [-0.2, -0.15) is 0 Å². The fourth-order valence-electron chi connectivity index (χ4n) is 2.98. The molecule has 3 rings (SSSR count). The summed E-state index contributed by atoms with van der Waals surface area (Å²) >= 11 is 5.85. The second-order valence-electron chi connectivity index (χ2n) is 6.75. The molecule has 0 bridgehead atoms. The first-order chi connectivity index (χ1) is 14.5. The predicted molar refractivity (Wildman–Crippen MR) is 116 cm³/mol. The second-order valence-corrected chi connectivity index (χ2v) is 7.13. The van der Waals surface area contributed by atoms with E-state index in [1.54, 1.807) is 36.4 Å². The molecule has 0 saturated carbocycles. The van der Waals surface area contributed by atoms with Crippen LogP contribution in [0.15, 0.2) is 72.8 Å². The minimum Gasteiger partial charge on any atom is -0.482 e. The van der Waals surface area contributed by atoms with E-state index in [9.17, 15) is 14.0 Å². The number of rotatable bonds is 8. The Bertz CT molecular complexity index is 1040. The van der Waals surface area contributed by atoms with Gasteiger partial charge in [0.2, 0.25) is 5.78 Å². The smallest absolute Gasteiger partial charge is 0.255 e. The lowest BCUT2D eigenvalue weighted by atomic mass is 10.0. The maximum atomic E-state index is 13.1. The van der Waals surface area contributed by atoms with Gasteiger partial charge < -0.3 is 10.1 Å². The molecule has 154 valence electrons. The number of ether oxygens (including phenoxy) is 1. The Kier molecular flexibility index (Phi) is 7.20. The summed E-state index contributed by atoms with van der Waals surface area (Å²) in [7, 11) is 0. The number of nitrogens with one attached hydrogen (secondary N) is 1. The van der Waals surface area contributed by atoms with E-state index in [1.165, 1.54) is 24.3 Å². The monoisotopic (exact) mass is 425 g/mol. The largest absolute Gasteiger partial charge is 0.482 e.